The van der Waals surface area contributed by atoms with Gasteiger partial charge in [0.05, 0.1) is 12.0 Å². The van der Waals surface area contributed by atoms with Crippen LogP contribution in [0.4, 0.5) is 17.6 Å². The van der Waals surface area contributed by atoms with Gasteiger partial charge in [0, 0.05) is 17.1 Å². The highest BCUT2D eigenvalue weighted by atomic mass is 19.4. The Morgan fingerprint density at radius 3 is 2.61 bits per heavy atom. The molecular formula is C21H24F4N2O. The van der Waals surface area contributed by atoms with Crippen molar-refractivity contribution in [1.82, 2.24) is 10.3 Å². The Bertz CT molecular complexity index is 846. The lowest BCUT2D eigenvalue weighted by atomic mass is 9.78. The van der Waals surface area contributed by atoms with Crippen LogP contribution in [0.15, 0.2) is 30.5 Å². The summed E-state index contributed by atoms with van der Waals surface area (Å²) < 4.78 is 53.4. The van der Waals surface area contributed by atoms with Gasteiger partial charge >= 0.3 is 6.18 Å². The van der Waals surface area contributed by atoms with Gasteiger partial charge < -0.3 is 5.32 Å². The summed E-state index contributed by atoms with van der Waals surface area (Å²) in [5, 5.41) is 3.03. The number of halogens is 4. The molecule has 152 valence electrons. The molecule has 7 heteroatoms. The third-order valence-corrected chi connectivity index (χ3v) is 5.39. The van der Waals surface area contributed by atoms with Crippen molar-refractivity contribution in [3.8, 4) is 0 Å². The number of hydrogen-bond acceptors (Lipinski definition) is 2. The maximum Gasteiger partial charge on any atom is 0.391 e. The molecule has 1 aliphatic rings. The van der Waals surface area contributed by atoms with Gasteiger partial charge in [0.25, 0.3) is 5.91 Å². The molecule has 1 aromatic heterocycles. The van der Waals surface area contributed by atoms with E-state index in [4.69, 9.17) is 0 Å². The van der Waals surface area contributed by atoms with Crippen LogP contribution in [-0.4, -0.2) is 22.6 Å². The van der Waals surface area contributed by atoms with E-state index in [9.17, 15) is 22.4 Å². The second kappa shape index (κ2) is 8.05. The number of nitrogens with zero attached hydrogens (tertiary/aromatic N) is 1. The van der Waals surface area contributed by atoms with Gasteiger partial charge in [-0.15, -0.1) is 0 Å². The lowest BCUT2D eigenvalue weighted by Crippen LogP contribution is -2.50. The lowest BCUT2D eigenvalue weighted by molar-refractivity contribution is -0.149. The summed E-state index contributed by atoms with van der Waals surface area (Å²) in [4.78, 5) is 16.7. The molecule has 1 atom stereocenters. The number of para-hydroxylation sites is 1. The molecule has 1 fully saturated rings. The highest BCUT2D eigenvalue weighted by molar-refractivity contribution is 5.97. The van der Waals surface area contributed by atoms with Gasteiger partial charge in [0.15, 0.2) is 0 Å². The summed E-state index contributed by atoms with van der Waals surface area (Å²) in [5.41, 5.74) is -1.15. The standard InChI is InChI=1S/C21H24F4N2O/c1-20(13-21(23,24)25,11-14-6-3-2-4-7-14)27-19(28)16-10-15-8-5-9-17(22)18(15)26-12-16/h5,8-10,12,14H,2-4,6-7,11,13H2,1H3,(H,27,28)/t20-/m0/s1. The van der Waals surface area contributed by atoms with Gasteiger partial charge in [0.1, 0.15) is 11.3 Å². The molecule has 0 radical (unpaired) electrons. The van der Waals surface area contributed by atoms with Crippen molar-refractivity contribution in [3.05, 3.63) is 41.8 Å². The third-order valence-electron chi connectivity index (χ3n) is 5.39. The van der Waals surface area contributed by atoms with Gasteiger partial charge in [-0.05, 0) is 31.4 Å². The molecule has 0 aliphatic heterocycles. The molecule has 1 aromatic carbocycles. The van der Waals surface area contributed by atoms with Crippen LogP contribution in [0.1, 0.15) is 62.2 Å². The van der Waals surface area contributed by atoms with Crippen molar-refractivity contribution in [1.29, 1.82) is 0 Å². The molecule has 0 spiro atoms. The first-order chi connectivity index (χ1) is 13.2. The van der Waals surface area contributed by atoms with Crippen molar-refractivity contribution in [2.24, 2.45) is 5.92 Å². The summed E-state index contributed by atoms with van der Waals surface area (Å²) in [6, 6.07) is 5.83. The van der Waals surface area contributed by atoms with Crippen molar-refractivity contribution in [2.45, 2.75) is 63.6 Å². The number of hydrogen-bond donors (Lipinski definition) is 1. The van der Waals surface area contributed by atoms with E-state index < -0.39 is 29.9 Å². The minimum absolute atomic E-state index is 0.121. The number of benzene rings is 1. The first-order valence-corrected chi connectivity index (χ1v) is 9.59. The molecule has 1 aliphatic carbocycles. The molecule has 0 bridgehead atoms. The number of amides is 1. The largest absolute Gasteiger partial charge is 0.391 e. The molecule has 1 heterocycles. The fraction of sp³-hybridized carbons (Fsp3) is 0.524. The van der Waals surface area contributed by atoms with Gasteiger partial charge in [-0.1, -0.05) is 44.2 Å². The molecule has 0 saturated heterocycles. The second-order valence-corrected chi connectivity index (χ2v) is 8.05. The first kappa shape index (κ1) is 20.6. The molecule has 28 heavy (non-hydrogen) atoms. The Morgan fingerprint density at radius 2 is 1.93 bits per heavy atom. The predicted molar refractivity (Wildman–Crippen MR) is 99.4 cm³/mol. The molecule has 1 saturated carbocycles. The van der Waals surface area contributed by atoms with Crippen molar-refractivity contribution < 1.29 is 22.4 Å². The van der Waals surface area contributed by atoms with Gasteiger partial charge in [0.2, 0.25) is 0 Å². The normalized spacial score (nSPS) is 18.0. The van der Waals surface area contributed by atoms with Gasteiger partial charge in [-0.3, -0.25) is 9.78 Å². The number of fused-ring (bicyclic) bond motifs is 1. The van der Waals surface area contributed by atoms with E-state index >= 15 is 0 Å². The first-order valence-electron chi connectivity index (χ1n) is 9.59. The molecule has 1 N–H and O–H groups in total. The van der Waals surface area contributed by atoms with Crippen LogP contribution in [0.3, 0.4) is 0 Å². The quantitative estimate of drug-likeness (QED) is 0.651. The molecule has 3 nitrogen and oxygen atoms in total. The summed E-state index contributed by atoms with van der Waals surface area (Å²) in [6.45, 7) is 1.46. The number of carbonyl (C=O) groups is 1. The van der Waals surface area contributed by atoms with E-state index in [0.717, 1.165) is 32.1 Å². The Morgan fingerprint density at radius 1 is 1.21 bits per heavy atom. The average molecular weight is 396 g/mol. The van der Waals surface area contributed by atoms with Crippen LogP contribution in [0.25, 0.3) is 10.9 Å². The summed E-state index contributed by atoms with van der Waals surface area (Å²) in [6.07, 6.45) is 0.933. The minimum atomic E-state index is -4.39. The molecular weight excluding hydrogens is 372 g/mol. The number of aromatic nitrogens is 1. The van der Waals surface area contributed by atoms with Crippen LogP contribution in [-0.2, 0) is 0 Å². The predicted octanol–water partition coefficient (Wildman–Crippen LogP) is 5.79. The zero-order valence-corrected chi connectivity index (χ0v) is 15.8. The number of carbonyl (C=O) groups excluding carboxylic acids is 1. The zero-order chi connectivity index (χ0) is 20.4. The highest BCUT2D eigenvalue weighted by Gasteiger charge is 2.41. The maximum absolute atomic E-state index is 13.7. The van der Waals surface area contributed by atoms with E-state index in [-0.39, 0.29) is 23.4 Å². The maximum atomic E-state index is 13.7. The topological polar surface area (TPSA) is 42.0 Å². The summed E-state index contributed by atoms with van der Waals surface area (Å²) in [5.74, 6) is -0.963. The molecule has 1 amide bonds. The molecule has 3 rings (SSSR count). The molecule has 2 aromatic rings. The van der Waals surface area contributed by atoms with Gasteiger partial charge in [-0.2, -0.15) is 13.2 Å². The smallest absolute Gasteiger partial charge is 0.346 e. The SMILES string of the molecule is C[C@](CC1CCCCC1)(CC(F)(F)F)NC(=O)c1cnc2c(F)cccc2c1. The lowest BCUT2D eigenvalue weighted by Gasteiger charge is -2.36. The number of pyridine rings is 1. The van der Waals surface area contributed by atoms with Crippen LogP contribution in [0, 0.1) is 11.7 Å². The number of nitrogens with one attached hydrogen (secondary N) is 1. The van der Waals surface area contributed by atoms with Crippen molar-refractivity contribution in [2.75, 3.05) is 0 Å². The second-order valence-electron chi connectivity index (χ2n) is 8.05. The Hall–Kier alpha value is -2.18. The van der Waals surface area contributed by atoms with Crippen molar-refractivity contribution in [3.63, 3.8) is 0 Å². The molecule has 0 unspecified atom stereocenters. The van der Waals surface area contributed by atoms with Crippen molar-refractivity contribution >= 4 is 16.8 Å². The average Bonchev–Trinajstić information content (AvgIpc) is 2.60. The zero-order valence-electron chi connectivity index (χ0n) is 15.8. The Balaban J connectivity index is 1.81. The van der Waals surface area contributed by atoms with Crippen LogP contribution >= 0.6 is 0 Å². The third kappa shape index (κ3) is 5.20. The minimum Gasteiger partial charge on any atom is -0.346 e. The summed E-state index contributed by atoms with van der Waals surface area (Å²) in [7, 11) is 0. The van der Waals surface area contributed by atoms with Crippen LogP contribution in [0.5, 0.6) is 0 Å². The van der Waals surface area contributed by atoms with E-state index in [1.54, 1.807) is 6.07 Å². The monoisotopic (exact) mass is 396 g/mol. The van der Waals surface area contributed by atoms with Crippen LogP contribution < -0.4 is 5.32 Å². The Labute approximate surface area is 161 Å². The highest BCUT2D eigenvalue weighted by Crippen LogP contribution is 2.36. The van der Waals surface area contributed by atoms with E-state index in [1.165, 1.54) is 31.3 Å². The van der Waals surface area contributed by atoms with Gasteiger partial charge in [-0.25, -0.2) is 4.39 Å². The fourth-order valence-electron chi connectivity index (χ4n) is 4.23. The number of rotatable bonds is 5. The summed E-state index contributed by atoms with van der Waals surface area (Å²) >= 11 is 0. The fourth-order valence-corrected chi connectivity index (χ4v) is 4.23. The number of alkyl halides is 3. The van der Waals surface area contributed by atoms with E-state index in [0.29, 0.717) is 5.39 Å². The Kier molecular flexibility index (Phi) is 5.91. The van der Waals surface area contributed by atoms with Crippen LogP contribution in [0.2, 0.25) is 0 Å². The van der Waals surface area contributed by atoms with E-state index in [1.807, 2.05) is 0 Å². The van der Waals surface area contributed by atoms with E-state index in [2.05, 4.69) is 10.3 Å².